The lowest BCUT2D eigenvalue weighted by atomic mass is 9.87. The minimum absolute atomic E-state index is 0.0119. The van der Waals surface area contributed by atoms with Crippen LogP contribution in [0, 0.1) is 23.0 Å². The molecule has 1 heterocycles. The molecule has 3 aromatic carbocycles. The predicted octanol–water partition coefficient (Wildman–Crippen LogP) is 5.06. The fraction of sp³-hybridized carbons (Fsp3) is 0.250. The quantitative estimate of drug-likeness (QED) is 0.416. The molecule has 1 amide bonds. The van der Waals surface area contributed by atoms with Crippen LogP contribution >= 0.6 is 0 Å². The van der Waals surface area contributed by atoms with Gasteiger partial charge >= 0.3 is 12.1 Å². The number of rotatable bonds is 7. The Balaban J connectivity index is 1.75. The molecule has 0 aliphatic carbocycles. The second-order valence-electron chi connectivity index (χ2n) is 8.31. The summed E-state index contributed by atoms with van der Waals surface area (Å²) in [7, 11) is 0. The van der Waals surface area contributed by atoms with Crippen LogP contribution in [0.3, 0.4) is 0 Å². The molecular weight excluding hydrogens is 482 g/mol. The number of nitriles is 1. The molecule has 0 spiro atoms. The van der Waals surface area contributed by atoms with Gasteiger partial charge in [0.25, 0.3) is 0 Å². The van der Waals surface area contributed by atoms with Gasteiger partial charge in [-0.2, -0.15) is 5.26 Å². The summed E-state index contributed by atoms with van der Waals surface area (Å²) in [5.74, 6) is -2.49. The highest BCUT2D eigenvalue weighted by Gasteiger charge is 2.36. The van der Waals surface area contributed by atoms with Gasteiger partial charge in [0.15, 0.2) is 18.2 Å². The largest absolute Gasteiger partial charge is 0.482 e. The van der Waals surface area contributed by atoms with Crippen LogP contribution in [0.1, 0.15) is 40.8 Å². The van der Waals surface area contributed by atoms with Crippen LogP contribution in [0.5, 0.6) is 5.75 Å². The molecular formula is C28H24F2N2O5. The normalized spacial score (nSPS) is 14.3. The summed E-state index contributed by atoms with van der Waals surface area (Å²) in [6.45, 7) is 1.58. The number of nitrogens with zero attached hydrogens (tertiary/aromatic N) is 2. The number of carbonyl (C=O) groups excluding carboxylic acids is 2. The molecule has 1 unspecified atom stereocenters. The summed E-state index contributed by atoms with van der Waals surface area (Å²) in [6.07, 6.45) is -0.414. The first-order valence-corrected chi connectivity index (χ1v) is 11.7. The lowest BCUT2D eigenvalue weighted by molar-refractivity contribution is -0.145. The molecule has 37 heavy (non-hydrogen) atoms. The predicted molar refractivity (Wildman–Crippen MR) is 129 cm³/mol. The van der Waals surface area contributed by atoms with Gasteiger partial charge in [-0.05, 0) is 60.4 Å². The van der Waals surface area contributed by atoms with Crippen molar-refractivity contribution in [3.8, 4) is 11.8 Å². The summed E-state index contributed by atoms with van der Waals surface area (Å²) < 4.78 is 44.7. The number of amides is 1. The third-order valence-corrected chi connectivity index (χ3v) is 5.93. The summed E-state index contributed by atoms with van der Waals surface area (Å²) in [5, 5.41) is 9.52. The second-order valence-corrected chi connectivity index (χ2v) is 8.31. The zero-order chi connectivity index (χ0) is 26.4. The molecule has 0 N–H and O–H groups in total. The first kappa shape index (κ1) is 25.6. The highest BCUT2D eigenvalue weighted by molar-refractivity contribution is 5.72. The molecule has 4 rings (SSSR count). The van der Waals surface area contributed by atoms with E-state index in [9.17, 15) is 23.6 Å². The first-order chi connectivity index (χ1) is 17.9. The van der Waals surface area contributed by atoms with Crippen LogP contribution in [0.2, 0.25) is 0 Å². The van der Waals surface area contributed by atoms with E-state index in [1.54, 1.807) is 6.92 Å². The van der Waals surface area contributed by atoms with Gasteiger partial charge in [0.1, 0.15) is 12.4 Å². The van der Waals surface area contributed by atoms with Crippen molar-refractivity contribution in [2.45, 2.75) is 26.0 Å². The maximum absolute atomic E-state index is 14.4. The lowest BCUT2D eigenvalue weighted by Gasteiger charge is -2.37. The SMILES string of the molecule is CCOC(=O)COc1ccc(C#N)cc1C1c2cc(F)c(F)cc2CCN1C(=O)OCc1ccccc1. The van der Waals surface area contributed by atoms with E-state index >= 15 is 0 Å². The minimum atomic E-state index is -1.08. The number of carbonyl (C=O) groups is 2. The number of halogens is 2. The van der Waals surface area contributed by atoms with Crippen molar-refractivity contribution in [2.75, 3.05) is 19.8 Å². The topological polar surface area (TPSA) is 88.9 Å². The van der Waals surface area contributed by atoms with Gasteiger partial charge < -0.3 is 14.2 Å². The highest BCUT2D eigenvalue weighted by atomic mass is 19.2. The van der Waals surface area contributed by atoms with Crippen LogP contribution in [0.25, 0.3) is 0 Å². The Morgan fingerprint density at radius 1 is 1.03 bits per heavy atom. The number of ether oxygens (including phenoxy) is 3. The zero-order valence-electron chi connectivity index (χ0n) is 20.1. The maximum Gasteiger partial charge on any atom is 0.410 e. The molecule has 0 saturated heterocycles. The second kappa shape index (κ2) is 11.5. The summed E-state index contributed by atoms with van der Waals surface area (Å²) >= 11 is 0. The fourth-order valence-electron chi connectivity index (χ4n) is 4.25. The van der Waals surface area contributed by atoms with Crippen LogP contribution < -0.4 is 4.74 Å². The van der Waals surface area contributed by atoms with E-state index in [4.69, 9.17) is 14.2 Å². The Bertz CT molecular complexity index is 1340. The Kier molecular flexibility index (Phi) is 7.98. The van der Waals surface area contributed by atoms with Crippen LogP contribution in [0.4, 0.5) is 13.6 Å². The third kappa shape index (κ3) is 5.86. The van der Waals surface area contributed by atoms with Gasteiger partial charge in [-0.1, -0.05) is 30.3 Å². The van der Waals surface area contributed by atoms with Gasteiger partial charge in [-0.3, -0.25) is 4.90 Å². The fourth-order valence-corrected chi connectivity index (χ4v) is 4.25. The minimum Gasteiger partial charge on any atom is -0.482 e. The van der Waals surface area contributed by atoms with Gasteiger partial charge in [-0.25, -0.2) is 18.4 Å². The molecule has 0 saturated carbocycles. The monoisotopic (exact) mass is 506 g/mol. The number of fused-ring (bicyclic) bond motifs is 1. The average Bonchev–Trinajstić information content (AvgIpc) is 2.91. The highest BCUT2D eigenvalue weighted by Crippen LogP contribution is 2.41. The van der Waals surface area contributed by atoms with Crippen LogP contribution in [0.15, 0.2) is 60.7 Å². The summed E-state index contributed by atoms with van der Waals surface area (Å²) in [4.78, 5) is 26.6. The van der Waals surface area contributed by atoms with Crippen LogP contribution in [-0.2, 0) is 27.3 Å². The van der Waals surface area contributed by atoms with E-state index in [2.05, 4.69) is 0 Å². The van der Waals surface area contributed by atoms with E-state index in [-0.39, 0.29) is 37.5 Å². The van der Waals surface area contributed by atoms with E-state index < -0.39 is 36.3 Å². The smallest absolute Gasteiger partial charge is 0.410 e. The van der Waals surface area contributed by atoms with Crippen molar-refractivity contribution in [3.05, 3.63) is 100 Å². The molecule has 3 aromatic rings. The Morgan fingerprint density at radius 2 is 1.78 bits per heavy atom. The molecule has 0 fully saturated rings. The first-order valence-electron chi connectivity index (χ1n) is 11.7. The van der Waals surface area contributed by atoms with Crippen molar-refractivity contribution in [3.63, 3.8) is 0 Å². The molecule has 0 radical (unpaired) electrons. The van der Waals surface area contributed by atoms with E-state index in [1.165, 1.54) is 23.1 Å². The van der Waals surface area contributed by atoms with Gasteiger partial charge in [0, 0.05) is 12.1 Å². The standard InChI is InChI=1S/C28H24F2N2O5/c1-2-35-26(33)17-36-25-9-8-19(15-31)12-22(25)27-21-14-24(30)23(29)13-20(21)10-11-32(27)28(34)37-16-18-6-4-3-5-7-18/h3-9,12-14,27H,2,10-11,16-17H2,1H3. The Hall–Kier alpha value is -4.45. The van der Waals surface area contributed by atoms with E-state index in [1.807, 2.05) is 36.4 Å². The van der Waals surface area contributed by atoms with Crippen LogP contribution in [-0.4, -0.2) is 36.7 Å². The van der Waals surface area contributed by atoms with Crippen molar-refractivity contribution in [1.29, 1.82) is 5.26 Å². The lowest BCUT2D eigenvalue weighted by Crippen LogP contribution is -2.41. The van der Waals surface area contributed by atoms with Crippen molar-refractivity contribution < 1.29 is 32.6 Å². The number of hydrogen-bond donors (Lipinski definition) is 0. The van der Waals surface area contributed by atoms with E-state index in [0.717, 1.165) is 17.7 Å². The molecule has 1 atom stereocenters. The molecule has 1 aliphatic rings. The molecule has 7 nitrogen and oxygen atoms in total. The zero-order valence-corrected chi connectivity index (χ0v) is 20.1. The number of benzene rings is 3. The number of esters is 1. The molecule has 0 bridgehead atoms. The van der Waals surface area contributed by atoms with Gasteiger partial charge in [-0.15, -0.1) is 0 Å². The number of hydrogen-bond acceptors (Lipinski definition) is 6. The Morgan fingerprint density at radius 3 is 2.51 bits per heavy atom. The molecule has 1 aliphatic heterocycles. The van der Waals surface area contributed by atoms with E-state index in [0.29, 0.717) is 16.7 Å². The third-order valence-electron chi connectivity index (χ3n) is 5.93. The van der Waals surface area contributed by atoms with Crippen molar-refractivity contribution in [1.82, 2.24) is 4.90 Å². The van der Waals surface area contributed by atoms with Gasteiger partial charge in [0.05, 0.1) is 24.3 Å². The average molecular weight is 507 g/mol. The molecule has 9 heteroatoms. The Labute approximate surface area is 212 Å². The molecule has 190 valence electrons. The summed E-state index contributed by atoms with van der Waals surface area (Å²) in [6, 6.07) is 16.8. The summed E-state index contributed by atoms with van der Waals surface area (Å²) in [5.41, 5.74) is 2.20. The maximum atomic E-state index is 14.4. The molecule has 0 aromatic heterocycles. The van der Waals surface area contributed by atoms with Crippen molar-refractivity contribution >= 4 is 12.1 Å². The van der Waals surface area contributed by atoms with Gasteiger partial charge in [0.2, 0.25) is 0 Å². The van der Waals surface area contributed by atoms with Crippen molar-refractivity contribution in [2.24, 2.45) is 0 Å².